The molecule has 1 aliphatic carbocycles. The second kappa shape index (κ2) is 10.1. The molecule has 1 heterocycles. The van der Waals surface area contributed by atoms with Crippen LogP contribution in [0.1, 0.15) is 72.0 Å². The third-order valence-electron chi connectivity index (χ3n) is 7.33. The summed E-state index contributed by atoms with van der Waals surface area (Å²) in [6, 6.07) is 14.0. The molecule has 4 rings (SSSR count). The molecule has 2 aromatic rings. The van der Waals surface area contributed by atoms with Crippen LogP contribution in [0, 0.1) is 18.3 Å². The molecular weight excluding hydrogens is 416 g/mol. The van der Waals surface area contributed by atoms with Gasteiger partial charge < -0.3 is 14.6 Å². The number of ether oxygens (including phenoxy) is 2. The molecule has 0 aromatic heterocycles. The Labute approximate surface area is 196 Å². The lowest BCUT2D eigenvalue weighted by Crippen LogP contribution is -2.37. The van der Waals surface area contributed by atoms with Gasteiger partial charge in [-0.05, 0) is 50.2 Å². The van der Waals surface area contributed by atoms with E-state index in [1.165, 1.54) is 11.1 Å². The number of carboxylic acid groups (broad SMARTS) is 1. The second-order valence-corrected chi connectivity index (χ2v) is 9.94. The monoisotopic (exact) mass is 450 g/mol. The number of aryl methyl sites for hydroxylation is 1. The van der Waals surface area contributed by atoms with Crippen LogP contribution in [0.4, 0.5) is 0 Å². The van der Waals surface area contributed by atoms with Crippen molar-refractivity contribution in [2.24, 2.45) is 11.3 Å². The Hall–Kier alpha value is -2.66. The van der Waals surface area contributed by atoms with E-state index in [2.05, 4.69) is 32.0 Å². The Balaban J connectivity index is 1.49. The van der Waals surface area contributed by atoms with Crippen molar-refractivity contribution in [3.8, 4) is 5.75 Å². The van der Waals surface area contributed by atoms with Crippen molar-refractivity contribution in [1.29, 1.82) is 0 Å². The van der Waals surface area contributed by atoms with E-state index in [1.807, 2.05) is 24.3 Å². The van der Waals surface area contributed by atoms with E-state index in [-0.39, 0.29) is 18.1 Å². The summed E-state index contributed by atoms with van der Waals surface area (Å²) in [5, 5.41) is 9.93. The maximum atomic E-state index is 13.2. The Morgan fingerprint density at radius 1 is 1.12 bits per heavy atom. The van der Waals surface area contributed by atoms with Crippen molar-refractivity contribution >= 4 is 11.8 Å². The van der Waals surface area contributed by atoms with Crippen molar-refractivity contribution in [2.45, 2.75) is 58.3 Å². The largest absolute Gasteiger partial charge is 0.493 e. The van der Waals surface area contributed by atoms with Crippen molar-refractivity contribution in [3.63, 3.8) is 0 Å². The topological polar surface area (TPSA) is 72.8 Å². The maximum absolute atomic E-state index is 13.2. The Kier molecular flexibility index (Phi) is 7.18. The minimum atomic E-state index is -0.948. The van der Waals surface area contributed by atoms with Crippen LogP contribution >= 0.6 is 0 Å². The van der Waals surface area contributed by atoms with Gasteiger partial charge in [0.2, 0.25) is 0 Å². The number of carboxylic acids is 1. The van der Waals surface area contributed by atoms with Gasteiger partial charge >= 0.3 is 5.97 Å². The van der Waals surface area contributed by atoms with Crippen LogP contribution in [0.15, 0.2) is 42.5 Å². The molecule has 2 aromatic carbocycles. The Morgan fingerprint density at radius 3 is 2.52 bits per heavy atom. The number of Topliss-reactive ketones (excluding diaryl/α,β-unsaturated/α-hetero) is 1. The van der Waals surface area contributed by atoms with E-state index in [9.17, 15) is 14.7 Å². The molecule has 1 saturated heterocycles. The first-order valence-corrected chi connectivity index (χ1v) is 12.0. The third kappa shape index (κ3) is 5.47. The predicted molar refractivity (Wildman–Crippen MR) is 127 cm³/mol. The molecular formula is C28H34O5. The number of hydrogen-bond donors (Lipinski definition) is 1. The van der Waals surface area contributed by atoms with E-state index in [4.69, 9.17) is 9.47 Å². The number of rotatable bonds is 9. The average molecular weight is 451 g/mol. The van der Waals surface area contributed by atoms with E-state index >= 15 is 0 Å². The van der Waals surface area contributed by atoms with Gasteiger partial charge in [-0.3, -0.25) is 9.59 Å². The molecule has 5 heteroatoms. The van der Waals surface area contributed by atoms with Crippen LogP contribution in [0.5, 0.6) is 5.75 Å². The summed E-state index contributed by atoms with van der Waals surface area (Å²) in [6.45, 7) is 6.05. The Morgan fingerprint density at radius 2 is 1.88 bits per heavy atom. The first kappa shape index (κ1) is 23.5. The summed E-state index contributed by atoms with van der Waals surface area (Å²) in [7, 11) is 0. The fraction of sp³-hybridized carbons (Fsp3) is 0.500. The lowest BCUT2D eigenvalue weighted by Gasteiger charge is -2.35. The summed E-state index contributed by atoms with van der Waals surface area (Å²) in [5.41, 5.74) is 3.07. The molecule has 0 amide bonds. The summed E-state index contributed by atoms with van der Waals surface area (Å²) in [6.07, 6.45) is 3.66. The highest BCUT2D eigenvalue weighted by Gasteiger charge is 2.43. The van der Waals surface area contributed by atoms with Gasteiger partial charge in [-0.25, -0.2) is 0 Å². The van der Waals surface area contributed by atoms with Gasteiger partial charge in [-0.2, -0.15) is 0 Å². The summed E-state index contributed by atoms with van der Waals surface area (Å²) in [4.78, 5) is 25.3. The molecule has 5 nitrogen and oxygen atoms in total. The zero-order chi connectivity index (χ0) is 23.4. The maximum Gasteiger partial charge on any atom is 0.310 e. The van der Waals surface area contributed by atoms with Gasteiger partial charge in [-0.1, -0.05) is 48.9 Å². The molecule has 2 aliphatic rings. The fourth-order valence-corrected chi connectivity index (χ4v) is 4.92. The van der Waals surface area contributed by atoms with Gasteiger partial charge in [0.25, 0.3) is 0 Å². The van der Waals surface area contributed by atoms with E-state index < -0.39 is 11.4 Å². The highest BCUT2D eigenvalue weighted by atomic mass is 16.5. The average Bonchev–Trinajstić information content (AvgIpc) is 2.75. The number of carbonyl (C=O) groups is 2. The molecule has 0 bridgehead atoms. The number of carbonyl (C=O) groups excluding carboxylic acids is 1. The van der Waals surface area contributed by atoms with E-state index in [0.29, 0.717) is 49.9 Å². The normalized spacial score (nSPS) is 23.0. The molecule has 0 spiro atoms. The van der Waals surface area contributed by atoms with Gasteiger partial charge in [0, 0.05) is 29.9 Å². The van der Waals surface area contributed by atoms with Crippen molar-refractivity contribution in [2.75, 3.05) is 19.8 Å². The zero-order valence-corrected chi connectivity index (χ0v) is 19.6. The molecule has 2 fully saturated rings. The van der Waals surface area contributed by atoms with Crippen molar-refractivity contribution in [3.05, 3.63) is 64.7 Å². The first-order valence-electron chi connectivity index (χ1n) is 12.0. The SMILES string of the molecule is Cc1cccc(CCOc2cc(C(=O)CC3(C(=O)O)CCC(C)CC3)ccc2C2COC2)c1. The lowest BCUT2D eigenvalue weighted by atomic mass is 9.68. The van der Waals surface area contributed by atoms with Crippen LogP contribution in [0.3, 0.4) is 0 Å². The highest BCUT2D eigenvalue weighted by molar-refractivity contribution is 5.99. The van der Waals surface area contributed by atoms with Crippen molar-refractivity contribution in [1.82, 2.24) is 0 Å². The van der Waals surface area contributed by atoms with E-state index in [0.717, 1.165) is 24.8 Å². The summed E-state index contributed by atoms with van der Waals surface area (Å²) >= 11 is 0. The fourth-order valence-electron chi connectivity index (χ4n) is 4.92. The smallest absolute Gasteiger partial charge is 0.310 e. The van der Waals surface area contributed by atoms with Crippen LogP contribution in [-0.2, 0) is 16.0 Å². The predicted octanol–water partition coefficient (Wildman–Crippen LogP) is 5.58. The molecule has 0 unspecified atom stereocenters. The highest BCUT2D eigenvalue weighted by Crippen LogP contribution is 2.43. The minimum absolute atomic E-state index is 0.0453. The molecule has 1 aliphatic heterocycles. The summed E-state index contributed by atoms with van der Waals surface area (Å²) in [5.74, 6) is 0.536. The molecule has 0 radical (unpaired) electrons. The number of hydrogen-bond acceptors (Lipinski definition) is 4. The number of aliphatic carboxylic acids is 1. The molecule has 1 saturated carbocycles. The number of benzene rings is 2. The lowest BCUT2D eigenvalue weighted by molar-refractivity contribution is -0.151. The van der Waals surface area contributed by atoms with Crippen LogP contribution < -0.4 is 4.74 Å². The quantitative estimate of drug-likeness (QED) is 0.505. The Bertz CT molecular complexity index is 999. The second-order valence-electron chi connectivity index (χ2n) is 9.94. The molecule has 0 atom stereocenters. The zero-order valence-electron chi connectivity index (χ0n) is 19.6. The van der Waals surface area contributed by atoms with E-state index in [1.54, 1.807) is 0 Å². The molecule has 1 N–H and O–H groups in total. The molecule has 176 valence electrons. The van der Waals surface area contributed by atoms with Crippen LogP contribution in [-0.4, -0.2) is 36.7 Å². The van der Waals surface area contributed by atoms with Gasteiger partial charge in [0.15, 0.2) is 5.78 Å². The van der Waals surface area contributed by atoms with Crippen LogP contribution in [0.25, 0.3) is 0 Å². The van der Waals surface area contributed by atoms with Gasteiger partial charge in [0.05, 0.1) is 25.2 Å². The number of ketones is 1. The first-order chi connectivity index (χ1) is 15.9. The minimum Gasteiger partial charge on any atom is -0.493 e. The van der Waals surface area contributed by atoms with Crippen LogP contribution in [0.2, 0.25) is 0 Å². The molecule has 33 heavy (non-hydrogen) atoms. The standard InChI is InChI=1S/C28H34O5/c1-19-8-11-28(12-9-19,27(30)31)16-25(29)22-6-7-24(23-17-32-18-23)26(15-22)33-13-10-21-5-3-4-20(2)14-21/h3-7,14-15,19,23H,8-13,16-18H2,1-2H3,(H,30,31). The van der Waals surface area contributed by atoms with Crippen molar-refractivity contribution < 1.29 is 24.2 Å². The summed E-state index contributed by atoms with van der Waals surface area (Å²) < 4.78 is 11.6. The van der Waals surface area contributed by atoms with Gasteiger partial charge in [0.1, 0.15) is 5.75 Å². The van der Waals surface area contributed by atoms with Gasteiger partial charge in [-0.15, -0.1) is 0 Å². The third-order valence-corrected chi connectivity index (χ3v) is 7.33.